The molecule has 1 N–H and O–H groups in total. The number of nitrogens with zero attached hydrogens (tertiary/aromatic N) is 1. The second-order valence-corrected chi connectivity index (χ2v) is 5.71. The van der Waals surface area contributed by atoms with Crippen molar-refractivity contribution >= 4 is 0 Å². The van der Waals surface area contributed by atoms with Gasteiger partial charge in [-0.05, 0) is 50.4 Å². The monoisotopic (exact) mass is 250 g/mol. The number of hydrogen-bond acceptors (Lipinski definition) is 3. The molecule has 102 valence electrons. The van der Waals surface area contributed by atoms with Crippen LogP contribution in [0.1, 0.15) is 38.2 Å². The summed E-state index contributed by atoms with van der Waals surface area (Å²) in [6, 6.07) is 4.20. The van der Waals surface area contributed by atoms with E-state index in [9.17, 15) is 0 Å². The van der Waals surface area contributed by atoms with E-state index in [1.54, 1.807) is 0 Å². The van der Waals surface area contributed by atoms with Crippen LogP contribution < -0.4 is 5.32 Å². The first-order valence-corrected chi connectivity index (χ1v) is 7.16. The Labute approximate surface area is 111 Å². The van der Waals surface area contributed by atoms with Crippen molar-refractivity contribution in [2.75, 3.05) is 20.1 Å². The van der Waals surface area contributed by atoms with Crippen LogP contribution in [-0.4, -0.2) is 25.0 Å². The van der Waals surface area contributed by atoms with Crippen LogP contribution in [0, 0.1) is 11.8 Å². The minimum Gasteiger partial charge on any atom is -0.463 e. The summed E-state index contributed by atoms with van der Waals surface area (Å²) in [5.41, 5.74) is 0. The molecule has 1 aromatic rings. The third kappa shape index (κ3) is 4.14. The Morgan fingerprint density at radius 2 is 2.11 bits per heavy atom. The molecule has 2 rings (SSSR count). The number of rotatable bonds is 8. The highest BCUT2D eigenvalue weighted by Gasteiger charge is 2.33. The Kier molecular flexibility index (Phi) is 4.84. The minimum absolute atomic E-state index is 0.844. The Morgan fingerprint density at radius 3 is 2.78 bits per heavy atom. The predicted octanol–water partition coefficient (Wildman–Crippen LogP) is 2.87. The van der Waals surface area contributed by atoms with Gasteiger partial charge in [0.1, 0.15) is 11.5 Å². The summed E-state index contributed by atoms with van der Waals surface area (Å²) in [4.78, 5) is 2.37. The van der Waals surface area contributed by atoms with E-state index in [1.807, 2.05) is 0 Å². The lowest BCUT2D eigenvalue weighted by Crippen LogP contribution is -2.20. The molecular formula is C15H26N2O. The fourth-order valence-electron chi connectivity index (χ4n) is 2.38. The summed E-state index contributed by atoms with van der Waals surface area (Å²) >= 11 is 0. The van der Waals surface area contributed by atoms with E-state index >= 15 is 0 Å². The smallest absolute Gasteiger partial charge is 0.118 e. The van der Waals surface area contributed by atoms with E-state index in [2.05, 4.69) is 43.2 Å². The summed E-state index contributed by atoms with van der Waals surface area (Å²) in [6.45, 7) is 8.53. The van der Waals surface area contributed by atoms with Crippen LogP contribution in [0.2, 0.25) is 0 Å². The first-order valence-electron chi connectivity index (χ1n) is 7.16. The molecule has 18 heavy (non-hydrogen) atoms. The molecule has 1 heterocycles. The van der Waals surface area contributed by atoms with Gasteiger partial charge in [0.25, 0.3) is 0 Å². The van der Waals surface area contributed by atoms with Crippen LogP contribution in [0.4, 0.5) is 0 Å². The Bertz CT molecular complexity index is 361. The van der Waals surface area contributed by atoms with Crippen molar-refractivity contribution in [2.24, 2.45) is 11.8 Å². The predicted molar refractivity (Wildman–Crippen MR) is 74.3 cm³/mol. The molecular weight excluding hydrogens is 224 g/mol. The molecule has 2 atom stereocenters. The normalized spacial score (nSPS) is 22.7. The lowest BCUT2D eigenvalue weighted by molar-refractivity contribution is 0.275. The molecule has 1 fully saturated rings. The first-order chi connectivity index (χ1) is 8.69. The average Bonchev–Trinajstić information content (AvgIpc) is 2.84. The molecule has 1 aromatic heterocycles. The van der Waals surface area contributed by atoms with E-state index in [-0.39, 0.29) is 0 Å². The maximum Gasteiger partial charge on any atom is 0.118 e. The highest BCUT2D eigenvalue weighted by molar-refractivity contribution is 5.07. The van der Waals surface area contributed by atoms with Crippen LogP contribution in [0.3, 0.4) is 0 Å². The molecule has 0 radical (unpaired) electrons. The third-order valence-corrected chi connectivity index (χ3v) is 3.69. The van der Waals surface area contributed by atoms with Crippen molar-refractivity contribution < 1.29 is 4.42 Å². The highest BCUT2D eigenvalue weighted by atomic mass is 16.3. The van der Waals surface area contributed by atoms with Gasteiger partial charge in [-0.1, -0.05) is 13.8 Å². The van der Waals surface area contributed by atoms with Crippen molar-refractivity contribution in [1.29, 1.82) is 0 Å². The van der Waals surface area contributed by atoms with E-state index in [0.717, 1.165) is 49.4 Å². The molecule has 2 unspecified atom stereocenters. The van der Waals surface area contributed by atoms with Gasteiger partial charge in [-0.15, -0.1) is 0 Å². The molecule has 0 bridgehead atoms. The summed E-state index contributed by atoms with van der Waals surface area (Å²) in [5, 5.41) is 3.36. The van der Waals surface area contributed by atoms with Gasteiger partial charge in [-0.25, -0.2) is 0 Å². The molecule has 3 nitrogen and oxygen atoms in total. The van der Waals surface area contributed by atoms with E-state index in [4.69, 9.17) is 4.42 Å². The molecule has 1 saturated carbocycles. The Balaban J connectivity index is 1.71. The maximum atomic E-state index is 5.83. The molecule has 0 spiro atoms. The van der Waals surface area contributed by atoms with Crippen LogP contribution in [0.15, 0.2) is 16.5 Å². The molecule has 0 aromatic carbocycles. The second-order valence-electron chi connectivity index (χ2n) is 5.71. The summed E-state index contributed by atoms with van der Waals surface area (Å²) in [6.07, 6.45) is 2.56. The van der Waals surface area contributed by atoms with Gasteiger partial charge in [0.2, 0.25) is 0 Å². The fraction of sp³-hybridized carbons (Fsp3) is 0.733. The summed E-state index contributed by atoms with van der Waals surface area (Å²) in [7, 11) is 2.18. The van der Waals surface area contributed by atoms with Crippen molar-refractivity contribution in [3.05, 3.63) is 23.7 Å². The topological polar surface area (TPSA) is 28.4 Å². The number of hydrogen-bond donors (Lipinski definition) is 1. The van der Waals surface area contributed by atoms with Crippen LogP contribution in [0.25, 0.3) is 0 Å². The van der Waals surface area contributed by atoms with Crippen LogP contribution >= 0.6 is 0 Å². The quantitative estimate of drug-likeness (QED) is 0.719. The van der Waals surface area contributed by atoms with Gasteiger partial charge in [0.15, 0.2) is 0 Å². The molecule has 0 amide bonds. The Morgan fingerprint density at radius 1 is 1.39 bits per heavy atom. The lowest BCUT2D eigenvalue weighted by Gasteiger charge is -2.14. The molecule has 1 aliphatic carbocycles. The highest BCUT2D eigenvalue weighted by Crippen LogP contribution is 2.38. The summed E-state index contributed by atoms with van der Waals surface area (Å²) < 4.78 is 5.83. The zero-order valence-corrected chi connectivity index (χ0v) is 11.9. The lowest BCUT2D eigenvalue weighted by atomic mass is 10.3. The number of nitrogens with one attached hydrogen (secondary N) is 1. The van der Waals surface area contributed by atoms with Crippen molar-refractivity contribution in [2.45, 2.75) is 39.8 Å². The van der Waals surface area contributed by atoms with Gasteiger partial charge in [-0.3, -0.25) is 4.90 Å². The van der Waals surface area contributed by atoms with Gasteiger partial charge >= 0.3 is 0 Å². The van der Waals surface area contributed by atoms with Crippen molar-refractivity contribution in [3.8, 4) is 0 Å². The molecule has 3 heteroatoms. The van der Waals surface area contributed by atoms with E-state index < -0.39 is 0 Å². The first kappa shape index (κ1) is 13.6. The van der Waals surface area contributed by atoms with E-state index in [0.29, 0.717) is 0 Å². The minimum atomic E-state index is 0.844. The second kappa shape index (κ2) is 6.39. The SMILES string of the molecule is CCCNCc1ccc(CN(C)CC2CC2C)o1. The largest absolute Gasteiger partial charge is 0.463 e. The number of furan rings is 1. The van der Waals surface area contributed by atoms with Gasteiger partial charge < -0.3 is 9.73 Å². The molecule has 0 aliphatic heterocycles. The standard InChI is InChI=1S/C15H26N2O/c1-4-7-16-9-14-5-6-15(18-14)11-17(3)10-13-8-12(13)2/h5-6,12-13,16H,4,7-11H2,1-3H3. The Hall–Kier alpha value is -0.800. The molecule has 1 aliphatic rings. The average molecular weight is 250 g/mol. The van der Waals surface area contributed by atoms with Crippen molar-refractivity contribution in [1.82, 2.24) is 10.2 Å². The van der Waals surface area contributed by atoms with Gasteiger partial charge in [0, 0.05) is 6.54 Å². The maximum absolute atomic E-state index is 5.83. The molecule has 0 saturated heterocycles. The van der Waals surface area contributed by atoms with E-state index in [1.165, 1.54) is 13.0 Å². The van der Waals surface area contributed by atoms with Gasteiger partial charge in [-0.2, -0.15) is 0 Å². The van der Waals surface area contributed by atoms with Crippen LogP contribution in [-0.2, 0) is 13.1 Å². The van der Waals surface area contributed by atoms with Gasteiger partial charge in [0.05, 0.1) is 13.1 Å². The zero-order valence-electron chi connectivity index (χ0n) is 11.9. The summed E-state index contributed by atoms with van der Waals surface area (Å²) in [5.74, 6) is 3.97. The fourth-order valence-corrected chi connectivity index (χ4v) is 2.38. The van der Waals surface area contributed by atoms with Crippen molar-refractivity contribution in [3.63, 3.8) is 0 Å². The van der Waals surface area contributed by atoms with Crippen LogP contribution in [0.5, 0.6) is 0 Å². The third-order valence-electron chi connectivity index (χ3n) is 3.69. The zero-order chi connectivity index (χ0) is 13.0.